The lowest BCUT2D eigenvalue weighted by Crippen LogP contribution is -2.15. The Morgan fingerprint density at radius 1 is 1.67 bits per heavy atom. The summed E-state index contributed by atoms with van der Waals surface area (Å²) in [5, 5.41) is 0. The summed E-state index contributed by atoms with van der Waals surface area (Å²) in [7, 11) is 1.59. The van der Waals surface area contributed by atoms with Crippen LogP contribution in [0.4, 0.5) is 0 Å². The number of ether oxygens (including phenoxy) is 3. The van der Waals surface area contributed by atoms with Crippen molar-refractivity contribution in [2.75, 3.05) is 13.9 Å². The van der Waals surface area contributed by atoms with Crippen LogP contribution in [0.15, 0.2) is 0 Å². The predicted molar refractivity (Wildman–Crippen MR) is 31.9 cm³/mol. The summed E-state index contributed by atoms with van der Waals surface area (Å²) in [6.07, 6.45) is 0.215. The fourth-order valence-electron chi connectivity index (χ4n) is 0.644. The van der Waals surface area contributed by atoms with Gasteiger partial charge in [0.15, 0.2) is 5.79 Å². The van der Waals surface area contributed by atoms with E-state index in [-0.39, 0.29) is 11.9 Å². The smallest absolute Gasteiger partial charge is 0.194 e. The lowest BCUT2D eigenvalue weighted by molar-refractivity contribution is -0.118. The molecular weight excluding hydrogens is 120 g/mol. The van der Waals surface area contributed by atoms with E-state index in [0.29, 0.717) is 6.79 Å². The Hall–Kier alpha value is -0.120. The highest BCUT2D eigenvalue weighted by Crippen LogP contribution is 2.36. The second kappa shape index (κ2) is 2.25. The molecule has 2 atom stereocenters. The van der Waals surface area contributed by atoms with Crippen LogP contribution >= 0.6 is 0 Å². The van der Waals surface area contributed by atoms with Gasteiger partial charge in [0.25, 0.3) is 0 Å². The van der Waals surface area contributed by atoms with Gasteiger partial charge in [-0.05, 0) is 13.8 Å². The lowest BCUT2D eigenvalue weighted by Gasteiger charge is -2.05. The fraction of sp³-hybridized carbons (Fsp3) is 1.00. The third-order valence-electron chi connectivity index (χ3n) is 1.56. The quantitative estimate of drug-likeness (QED) is 0.419. The first-order valence-electron chi connectivity index (χ1n) is 3.00. The SMILES string of the molecule is COCOC1(C)OC1C. The van der Waals surface area contributed by atoms with Gasteiger partial charge in [0.2, 0.25) is 0 Å². The minimum absolute atomic E-state index is 0.215. The van der Waals surface area contributed by atoms with Crippen molar-refractivity contribution in [3.05, 3.63) is 0 Å². The van der Waals surface area contributed by atoms with Gasteiger partial charge in [0.05, 0.1) is 0 Å². The van der Waals surface area contributed by atoms with E-state index in [4.69, 9.17) is 14.2 Å². The van der Waals surface area contributed by atoms with Crippen LogP contribution in [0.5, 0.6) is 0 Å². The summed E-state index contributed by atoms with van der Waals surface area (Å²) in [4.78, 5) is 0. The topological polar surface area (TPSA) is 31.0 Å². The molecule has 0 radical (unpaired) electrons. The van der Waals surface area contributed by atoms with Crippen molar-refractivity contribution in [3.63, 3.8) is 0 Å². The molecule has 0 amide bonds. The van der Waals surface area contributed by atoms with Crippen LogP contribution in [0.1, 0.15) is 13.8 Å². The Kier molecular flexibility index (Phi) is 1.75. The molecule has 1 saturated heterocycles. The Bertz CT molecular complexity index is 104. The summed E-state index contributed by atoms with van der Waals surface area (Å²) in [6, 6.07) is 0. The molecule has 1 heterocycles. The fourth-order valence-corrected chi connectivity index (χ4v) is 0.644. The minimum Gasteiger partial charge on any atom is -0.359 e. The number of methoxy groups -OCH3 is 1. The van der Waals surface area contributed by atoms with Gasteiger partial charge in [-0.15, -0.1) is 0 Å². The van der Waals surface area contributed by atoms with Gasteiger partial charge in [-0.2, -0.15) is 0 Å². The normalized spacial score (nSPS) is 41.0. The molecule has 1 aliphatic rings. The molecule has 1 fully saturated rings. The molecule has 54 valence electrons. The highest BCUT2D eigenvalue weighted by molar-refractivity contribution is 4.85. The van der Waals surface area contributed by atoms with Crippen LogP contribution in [-0.4, -0.2) is 25.8 Å². The van der Waals surface area contributed by atoms with Gasteiger partial charge in [-0.3, -0.25) is 0 Å². The van der Waals surface area contributed by atoms with E-state index in [9.17, 15) is 0 Å². The van der Waals surface area contributed by atoms with Gasteiger partial charge in [-0.1, -0.05) is 0 Å². The van der Waals surface area contributed by atoms with Crippen molar-refractivity contribution in [2.45, 2.75) is 25.7 Å². The van der Waals surface area contributed by atoms with Crippen molar-refractivity contribution in [3.8, 4) is 0 Å². The lowest BCUT2D eigenvalue weighted by atomic mass is 10.3. The molecule has 3 heteroatoms. The molecule has 9 heavy (non-hydrogen) atoms. The van der Waals surface area contributed by atoms with Crippen LogP contribution in [0.25, 0.3) is 0 Å². The first-order chi connectivity index (χ1) is 4.19. The van der Waals surface area contributed by atoms with Crippen LogP contribution < -0.4 is 0 Å². The maximum absolute atomic E-state index is 5.16. The molecule has 0 bridgehead atoms. The molecule has 0 aromatic heterocycles. The Morgan fingerprint density at radius 2 is 2.22 bits per heavy atom. The third kappa shape index (κ3) is 1.41. The van der Waals surface area contributed by atoms with Gasteiger partial charge in [-0.25, -0.2) is 0 Å². The molecule has 1 aliphatic heterocycles. The Morgan fingerprint density at radius 3 is 2.56 bits per heavy atom. The second-order valence-corrected chi connectivity index (χ2v) is 2.33. The van der Waals surface area contributed by atoms with E-state index < -0.39 is 0 Å². The van der Waals surface area contributed by atoms with Crippen LogP contribution in [-0.2, 0) is 14.2 Å². The Balaban J connectivity index is 2.13. The molecule has 0 aliphatic carbocycles. The van der Waals surface area contributed by atoms with E-state index >= 15 is 0 Å². The average Bonchev–Trinajstić information content (AvgIpc) is 2.38. The summed E-state index contributed by atoms with van der Waals surface area (Å²) in [5.74, 6) is -0.365. The monoisotopic (exact) mass is 132 g/mol. The molecule has 0 aromatic rings. The highest BCUT2D eigenvalue weighted by atomic mass is 16.8. The zero-order valence-corrected chi connectivity index (χ0v) is 6.01. The van der Waals surface area contributed by atoms with Crippen molar-refractivity contribution >= 4 is 0 Å². The van der Waals surface area contributed by atoms with E-state index in [1.807, 2.05) is 13.8 Å². The maximum atomic E-state index is 5.16. The van der Waals surface area contributed by atoms with Gasteiger partial charge >= 0.3 is 0 Å². The van der Waals surface area contributed by atoms with Crippen LogP contribution in [0.3, 0.4) is 0 Å². The number of hydrogen-bond acceptors (Lipinski definition) is 3. The molecule has 0 spiro atoms. The predicted octanol–water partition coefficient (Wildman–Crippen LogP) is 0.742. The van der Waals surface area contributed by atoms with E-state index in [2.05, 4.69) is 0 Å². The molecule has 3 nitrogen and oxygen atoms in total. The van der Waals surface area contributed by atoms with Gasteiger partial charge in [0, 0.05) is 7.11 Å². The Labute approximate surface area is 54.9 Å². The van der Waals surface area contributed by atoms with Gasteiger partial charge < -0.3 is 14.2 Å². The maximum Gasteiger partial charge on any atom is 0.194 e. The zero-order chi connectivity index (χ0) is 6.91. The number of epoxide rings is 1. The molecule has 1 rings (SSSR count). The number of rotatable bonds is 3. The zero-order valence-electron chi connectivity index (χ0n) is 6.01. The van der Waals surface area contributed by atoms with Crippen molar-refractivity contribution in [2.24, 2.45) is 0 Å². The summed E-state index contributed by atoms with van der Waals surface area (Å²) in [6.45, 7) is 4.17. The minimum atomic E-state index is -0.365. The van der Waals surface area contributed by atoms with Crippen molar-refractivity contribution in [1.82, 2.24) is 0 Å². The largest absolute Gasteiger partial charge is 0.359 e. The van der Waals surface area contributed by atoms with E-state index in [1.54, 1.807) is 7.11 Å². The molecule has 2 unspecified atom stereocenters. The number of hydrogen-bond donors (Lipinski definition) is 0. The second-order valence-electron chi connectivity index (χ2n) is 2.33. The molecule has 0 aromatic carbocycles. The molecular formula is C6H12O3. The standard InChI is InChI=1S/C6H12O3/c1-5-6(2,9-5)8-4-7-3/h5H,4H2,1-3H3. The summed E-state index contributed by atoms with van der Waals surface area (Å²) >= 11 is 0. The van der Waals surface area contributed by atoms with Gasteiger partial charge in [0.1, 0.15) is 12.9 Å². The first-order valence-corrected chi connectivity index (χ1v) is 3.00. The van der Waals surface area contributed by atoms with Crippen LogP contribution in [0, 0.1) is 0 Å². The highest BCUT2D eigenvalue weighted by Gasteiger charge is 2.50. The van der Waals surface area contributed by atoms with Crippen molar-refractivity contribution < 1.29 is 14.2 Å². The average molecular weight is 132 g/mol. The third-order valence-corrected chi connectivity index (χ3v) is 1.56. The summed E-state index contributed by atoms with van der Waals surface area (Å²) < 4.78 is 15.0. The molecule has 0 N–H and O–H groups in total. The van der Waals surface area contributed by atoms with E-state index in [1.165, 1.54) is 0 Å². The summed E-state index contributed by atoms with van der Waals surface area (Å²) in [5.41, 5.74) is 0. The first kappa shape index (κ1) is 6.99. The van der Waals surface area contributed by atoms with Crippen molar-refractivity contribution in [1.29, 1.82) is 0 Å². The molecule has 0 saturated carbocycles. The van der Waals surface area contributed by atoms with E-state index in [0.717, 1.165) is 0 Å². The van der Waals surface area contributed by atoms with Crippen LogP contribution in [0.2, 0.25) is 0 Å².